The molecule has 13 heavy (non-hydrogen) atoms. The summed E-state index contributed by atoms with van der Waals surface area (Å²) in [5.41, 5.74) is 0.720. The van der Waals surface area contributed by atoms with Gasteiger partial charge in [-0.25, -0.2) is 0 Å². The molecule has 1 heterocycles. The number of halogens is 1. The number of aryl methyl sites for hydroxylation is 1. The van der Waals surface area contributed by atoms with Crippen molar-refractivity contribution in [2.24, 2.45) is 0 Å². The molecule has 0 aromatic carbocycles. The van der Waals surface area contributed by atoms with Crippen LogP contribution in [0.1, 0.15) is 16.1 Å². The number of carbonyl (C=O) groups is 1. The van der Waals surface area contributed by atoms with Gasteiger partial charge in [-0.05, 0) is 6.92 Å². The standard InChI is InChI=1S/C8H9BrN2O2/c1-5-3-11-13-7(5)8(12)10-4-6(2)9/h3H,2,4H2,1H3,(H,10,12). The van der Waals surface area contributed by atoms with Crippen molar-refractivity contribution in [2.75, 3.05) is 6.54 Å². The third-order valence-electron chi connectivity index (χ3n) is 1.40. The lowest BCUT2D eigenvalue weighted by molar-refractivity contribution is 0.0920. The second kappa shape index (κ2) is 4.23. The minimum absolute atomic E-state index is 0.244. The second-order valence-corrected chi connectivity index (χ2v) is 3.66. The first kappa shape index (κ1) is 9.98. The molecule has 1 rings (SSSR count). The predicted octanol–water partition coefficient (Wildman–Crippen LogP) is 1.62. The van der Waals surface area contributed by atoms with Crippen molar-refractivity contribution in [3.63, 3.8) is 0 Å². The summed E-state index contributed by atoms with van der Waals surface area (Å²) in [6, 6.07) is 0. The van der Waals surface area contributed by atoms with Gasteiger partial charge in [-0.15, -0.1) is 0 Å². The molecule has 0 atom stereocenters. The Bertz CT molecular complexity index is 333. The maximum absolute atomic E-state index is 11.3. The number of rotatable bonds is 3. The van der Waals surface area contributed by atoms with Crippen molar-refractivity contribution in [3.05, 3.63) is 28.6 Å². The molecule has 0 saturated carbocycles. The zero-order chi connectivity index (χ0) is 9.84. The van der Waals surface area contributed by atoms with Gasteiger partial charge in [-0.3, -0.25) is 4.79 Å². The molecule has 1 aromatic rings. The van der Waals surface area contributed by atoms with E-state index in [0.29, 0.717) is 11.0 Å². The topological polar surface area (TPSA) is 55.1 Å². The van der Waals surface area contributed by atoms with E-state index in [9.17, 15) is 4.79 Å². The van der Waals surface area contributed by atoms with Gasteiger partial charge >= 0.3 is 0 Å². The van der Waals surface area contributed by atoms with E-state index in [-0.39, 0.29) is 11.7 Å². The summed E-state index contributed by atoms with van der Waals surface area (Å²) in [6.45, 7) is 5.72. The van der Waals surface area contributed by atoms with E-state index >= 15 is 0 Å². The van der Waals surface area contributed by atoms with Crippen molar-refractivity contribution < 1.29 is 9.32 Å². The molecular weight excluding hydrogens is 236 g/mol. The number of nitrogens with one attached hydrogen (secondary N) is 1. The van der Waals surface area contributed by atoms with Gasteiger partial charge in [0.2, 0.25) is 5.76 Å². The van der Waals surface area contributed by atoms with Crippen molar-refractivity contribution in [2.45, 2.75) is 6.92 Å². The minimum Gasteiger partial charge on any atom is -0.351 e. The van der Waals surface area contributed by atoms with Gasteiger partial charge in [-0.2, -0.15) is 0 Å². The molecule has 0 aliphatic heterocycles. The number of hydrogen-bond donors (Lipinski definition) is 1. The number of carbonyl (C=O) groups excluding carboxylic acids is 1. The highest BCUT2D eigenvalue weighted by Gasteiger charge is 2.12. The molecule has 0 saturated heterocycles. The van der Waals surface area contributed by atoms with E-state index in [1.165, 1.54) is 6.20 Å². The average Bonchev–Trinajstić information content (AvgIpc) is 2.47. The smallest absolute Gasteiger partial charge is 0.290 e. The van der Waals surface area contributed by atoms with Crippen LogP contribution in [0.15, 0.2) is 21.8 Å². The quantitative estimate of drug-likeness (QED) is 0.880. The first-order valence-corrected chi connectivity index (χ1v) is 4.43. The summed E-state index contributed by atoms with van der Waals surface area (Å²) in [6.07, 6.45) is 1.50. The molecule has 70 valence electrons. The third-order valence-corrected chi connectivity index (χ3v) is 1.68. The summed E-state index contributed by atoms with van der Waals surface area (Å²) in [5.74, 6) is -0.0376. The van der Waals surface area contributed by atoms with E-state index in [4.69, 9.17) is 4.52 Å². The summed E-state index contributed by atoms with van der Waals surface area (Å²) >= 11 is 3.13. The van der Waals surface area contributed by atoms with E-state index in [1.807, 2.05) is 0 Å². The lowest BCUT2D eigenvalue weighted by Gasteiger charge is -2.00. The molecule has 1 amide bonds. The van der Waals surface area contributed by atoms with Crippen molar-refractivity contribution in [1.29, 1.82) is 0 Å². The SMILES string of the molecule is C=C(Br)CNC(=O)c1oncc1C. The fraction of sp³-hybridized carbons (Fsp3) is 0.250. The highest BCUT2D eigenvalue weighted by Crippen LogP contribution is 2.05. The van der Waals surface area contributed by atoms with Gasteiger partial charge in [0.05, 0.1) is 6.20 Å². The molecule has 4 nitrogen and oxygen atoms in total. The van der Waals surface area contributed by atoms with Gasteiger partial charge < -0.3 is 9.84 Å². The lowest BCUT2D eigenvalue weighted by atomic mass is 10.3. The Hall–Kier alpha value is -1.10. The first-order chi connectivity index (χ1) is 6.11. The van der Waals surface area contributed by atoms with Crippen molar-refractivity contribution in [1.82, 2.24) is 10.5 Å². The molecule has 0 aliphatic rings. The number of aromatic nitrogens is 1. The summed E-state index contributed by atoms with van der Waals surface area (Å²) in [4.78, 5) is 11.3. The highest BCUT2D eigenvalue weighted by atomic mass is 79.9. The third kappa shape index (κ3) is 2.69. The van der Waals surface area contributed by atoms with Crippen LogP contribution < -0.4 is 5.32 Å². The van der Waals surface area contributed by atoms with Crippen LogP contribution in [0.2, 0.25) is 0 Å². The molecular formula is C8H9BrN2O2. The fourth-order valence-corrected chi connectivity index (χ4v) is 0.906. The molecule has 0 aliphatic carbocycles. The van der Waals surface area contributed by atoms with E-state index in [0.717, 1.165) is 5.56 Å². The molecule has 5 heteroatoms. The Morgan fingerprint density at radius 2 is 2.54 bits per heavy atom. The molecule has 0 spiro atoms. The van der Waals surface area contributed by atoms with Crippen LogP contribution in [0.4, 0.5) is 0 Å². The molecule has 0 radical (unpaired) electrons. The zero-order valence-corrected chi connectivity index (χ0v) is 8.72. The van der Waals surface area contributed by atoms with Gasteiger partial charge in [0.1, 0.15) is 0 Å². The predicted molar refractivity (Wildman–Crippen MR) is 51.6 cm³/mol. The Morgan fingerprint density at radius 1 is 1.85 bits per heavy atom. The average molecular weight is 245 g/mol. The zero-order valence-electron chi connectivity index (χ0n) is 7.13. The van der Waals surface area contributed by atoms with Crippen LogP contribution in [0.3, 0.4) is 0 Å². The lowest BCUT2D eigenvalue weighted by Crippen LogP contribution is -2.24. The van der Waals surface area contributed by atoms with Crippen molar-refractivity contribution in [3.8, 4) is 0 Å². The fourth-order valence-electron chi connectivity index (χ4n) is 0.766. The van der Waals surface area contributed by atoms with Gasteiger partial charge in [0.15, 0.2) is 0 Å². The van der Waals surface area contributed by atoms with Crippen molar-refractivity contribution >= 4 is 21.8 Å². The monoisotopic (exact) mass is 244 g/mol. The Balaban J connectivity index is 2.59. The molecule has 0 unspecified atom stereocenters. The minimum atomic E-state index is -0.282. The largest absolute Gasteiger partial charge is 0.351 e. The summed E-state index contributed by atoms with van der Waals surface area (Å²) < 4.78 is 5.46. The first-order valence-electron chi connectivity index (χ1n) is 3.64. The molecule has 1 N–H and O–H groups in total. The van der Waals surface area contributed by atoms with Crippen LogP contribution in [0.5, 0.6) is 0 Å². The normalized spacial score (nSPS) is 9.69. The number of amides is 1. The second-order valence-electron chi connectivity index (χ2n) is 2.54. The van der Waals surface area contributed by atoms with Crippen LogP contribution in [-0.4, -0.2) is 17.6 Å². The van der Waals surface area contributed by atoms with E-state index in [2.05, 4.69) is 33.0 Å². The van der Waals surface area contributed by atoms with E-state index in [1.54, 1.807) is 6.92 Å². The highest BCUT2D eigenvalue weighted by molar-refractivity contribution is 9.11. The molecule has 1 aromatic heterocycles. The maximum atomic E-state index is 11.3. The summed E-state index contributed by atoms with van der Waals surface area (Å²) in [5, 5.41) is 6.11. The Labute approximate surface area is 84.1 Å². The van der Waals surface area contributed by atoms with Gasteiger partial charge in [-0.1, -0.05) is 27.7 Å². The molecule has 0 bridgehead atoms. The Kier molecular flexibility index (Phi) is 3.25. The van der Waals surface area contributed by atoms with E-state index < -0.39 is 0 Å². The molecule has 0 fully saturated rings. The summed E-state index contributed by atoms with van der Waals surface area (Å²) in [7, 11) is 0. The van der Waals surface area contributed by atoms with Gasteiger partial charge in [0, 0.05) is 16.6 Å². The van der Waals surface area contributed by atoms with Crippen LogP contribution in [-0.2, 0) is 0 Å². The van der Waals surface area contributed by atoms with Crippen LogP contribution in [0, 0.1) is 6.92 Å². The van der Waals surface area contributed by atoms with Crippen LogP contribution in [0.25, 0.3) is 0 Å². The Morgan fingerprint density at radius 3 is 3.00 bits per heavy atom. The van der Waals surface area contributed by atoms with Gasteiger partial charge in [0.25, 0.3) is 5.91 Å². The number of hydrogen-bond acceptors (Lipinski definition) is 3. The maximum Gasteiger partial charge on any atom is 0.290 e. The number of nitrogens with zero attached hydrogens (tertiary/aromatic N) is 1. The van der Waals surface area contributed by atoms with Crippen LogP contribution >= 0.6 is 15.9 Å².